The molecule has 0 saturated carbocycles. The molecule has 3 rings (SSSR count). The second-order valence-electron chi connectivity index (χ2n) is 6.24. The van der Waals surface area contributed by atoms with Gasteiger partial charge in [0.2, 0.25) is 0 Å². The van der Waals surface area contributed by atoms with E-state index in [1.54, 1.807) is 4.90 Å². The van der Waals surface area contributed by atoms with E-state index < -0.39 is 29.9 Å². The predicted molar refractivity (Wildman–Crippen MR) is 89.4 cm³/mol. The summed E-state index contributed by atoms with van der Waals surface area (Å²) in [5, 5.41) is 8.99. The Kier molecular flexibility index (Phi) is 5.43. The second-order valence-corrected chi connectivity index (χ2v) is 6.65. The van der Waals surface area contributed by atoms with E-state index >= 15 is 0 Å². The van der Waals surface area contributed by atoms with Gasteiger partial charge in [-0.1, -0.05) is 17.7 Å². The Bertz CT molecular complexity index is 716. The van der Waals surface area contributed by atoms with E-state index in [0.29, 0.717) is 12.8 Å². The van der Waals surface area contributed by atoms with Crippen LogP contribution in [0, 0.1) is 5.82 Å². The predicted octanol–water partition coefficient (Wildman–Crippen LogP) is 1.40. The Hall–Kier alpha value is -2.19. The molecule has 2 fully saturated rings. The van der Waals surface area contributed by atoms with E-state index in [1.807, 2.05) is 0 Å². The number of rotatable bonds is 3. The number of halogens is 2. The fraction of sp³-hybridized carbons (Fsp3) is 0.471. The first-order valence-electron chi connectivity index (χ1n) is 8.29. The number of amides is 2. The Morgan fingerprint density at radius 2 is 1.69 bits per heavy atom. The number of hydrogen-bond acceptors (Lipinski definition) is 4. The molecular formula is C17H18ClFN2O5. The number of carboxylic acids is 1. The summed E-state index contributed by atoms with van der Waals surface area (Å²) in [6.07, 6.45) is -1.05. The summed E-state index contributed by atoms with van der Waals surface area (Å²) in [6.45, 7) is 1.02. The van der Waals surface area contributed by atoms with Crippen molar-refractivity contribution in [2.75, 3.05) is 26.2 Å². The topological polar surface area (TPSA) is 87.2 Å². The number of carbonyl (C=O) groups excluding carboxylic acids is 2. The molecule has 0 bridgehead atoms. The number of carbonyl (C=O) groups is 3. The number of carboxylic acid groups (broad SMARTS) is 1. The maximum absolute atomic E-state index is 13.9. The molecule has 1 aromatic carbocycles. The molecule has 1 aromatic rings. The zero-order valence-corrected chi connectivity index (χ0v) is 14.6. The number of benzene rings is 1. The molecule has 2 aliphatic rings. The van der Waals surface area contributed by atoms with Crippen LogP contribution in [0.25, 0.3) is 0 Å². The minimum Gasteiger partial charge on any atom is -0.479 e. The van der Waals surface area contributed by atoms with Crippen molar-refractivity contribution in [3.05, 3.63) is 34.6 Å². The molecule has 2 amide bonds. The highest BCUT2D eigenvalue weighted by Crippen LogP contribution is 2.24. The van der Waals surface area contributed by atoms with Gasteiger partial charge in [-0.25, -0.2) is 9.18 Å². The van der Waals surface area contributed by atoms with Crippen molar-refractivity contribution in [1.29, 1.82) is 0 Å². The highest BCUT2D eigenvalue weighted by Gasteiger charge is 2.38. The molecule has 0 aromatic heterocycles. The summed E-state index contributed by atoms with van der Waals surface area (Å²) in [5.41, 5.74) is -0.169. The van der Waals surface area contributed by atoms with Gasteiger partial charge < -0.3 is 19.6 Å². The van der Waals surface area contributed by atoms with Gasteiger partial charge in [-0.3, -0.25) is 9.59 Å². The second kappa shape index (κ2) is 7.59. The smallest absolute Gasteiger partial charge is 0.332 e. The SMILES string of the molecule is O=C(O)[C@H]1CC[C@@H](C(=O)N2CCN(C(=O)c3c(F)cccc3Cl)CC2)O1. The van der Waals surface area contributed by atoms with Gasteiger partial charge in [-0.15, -0.1) is 0 Å². The van der Waals surface area contributed by atoms with Gasteiger partial charge in [-0.05, 0) is 25.0 Å². The fourth-order valence-electron chi connectivity index (χ4n) is 3.19. The van der Waals surface area contributed by atoms with Crippen LogP contribution in [0.4, 0.5) is 4.39 Å². The first-order valence-corrected chi connectivity index (χ1v) is 8.66. The van der Waals surface area contributed by atoms with Crippen LogP contribution in [0.2, 0.25) is 5.02 Å². The summed E-state index contributed by atoms with van der Waals surface area (Å²) in [4.78, 5) is 38.9. The summed E-state index contributed by atoms with van der Waals surface area (Å²) in [5.74, 6) is -2.54. The Morgan fingerprint density at radius 1 is 1.08 bits per heavy atom. The minimum atomic E-state index is -1.07. The highest BCUT2D eigenvalue weighted by molar-refractivity contribution is 6.33. The molecule has 140 valence electrons. The van der Waals surface area contributed by atoms with E-state index in [4.69, 9.17) is 21.4 Å². The summed E-state index contributed by atoms with van der Waals surface area (Å²) in [7, 11) is 0. The summed E-state index contributed by atoms with van der Waals surface area (Å²) >= 11 is 5.93. The molecule has 0 aliphatic carbocycles. The number of nitrogens with zero attached hydrogens (tertiary/aromatic N) is 2. The maximum atomic E-state index is 13.9. The average molecular weight is 385 g/mol. The lowest BCUT2D eigenvalue weighted by Crippen LogP contribution is -2.53. The Labute approximate surface area is 154 Å². The lowest BCUT2D eigenvalue weighted by Gasteiger charge is -2.36. The fourth-order valence-corrected chi connectivity index (χ4v) is 3.44. The van der Waals surface area contributed by atoms with Crippen molar-refractivity contribution in [1.82, 2.24) is 9.80 Å². The van der Waals surface area contributed by atoms with Crippen molar-refractivity contribution in [2.45, 2.75) is 25.0 Å². The number of hydrogen-bond donors (Lipinski definition) is 1. The van der Waals surface area contributed by atoms with Crippen molar-refractivity contribution >= 4 is 29.4 Å². The summed E-state index contributed by atoms with van der Waals surface area (Å²) in [6, 6.07) is 4.06. The van der Waals surface area contributed by atoms with Gasteiger partial charge in [0.15, 0.2) is 6.10 Å². The molecule has 1 N–H and O–H groups in total. The van der Waals surface area contributed by atoms with Crippen LogP contribution in [0.5, 0.6) is 0 Å². The first kappa shape index (κ1) is 18.6. The summed E-state index contributed by atoms with van der Waals surface area (Å²) < 4.78 is 19.2. The lowest BCUT2D eigenvalue weighted by atomic mass is 10.1. The van der Waals surface area contributed by atoms with Gasteiger partial charge in [0.1, 0.15) is 11.9 Å². The normalized spacial score (nSPS) is 23.2. The van der Waals surface area contributed by atoms with Crippen LogP contribution >= 0.6 is 11.6 Å². The average Bonchev–Trinajstić information content (AvgIpc) is 3.11. The van der Waals surface area contributed by atoms with Crippen LogP contribution in [0.15, 0.2) is 18.2 Å². The number of ether oxygens (including phenoxy) is 1. The van der Waals surface area contributed by atoms with E-state index in [-0.39, 0.29) is 42.7 Å². The van der Waals surface area contributed by atoms with Crippen LogP contribution in [-0.4, -0.2) is 71.1 Å². The monoisotopic (exact) mass is 384 g/mol. The van der Waals surface area contributed by atoms with Crippen LogP contribution < -0.4 is 0 Å². The van der Waals surface area contributed by atoms with E-state index in [9.17, 15) is 18.8 Å². The molecule has 2 aliphatic heterocycles. The molecule has 2 atom stereocenters. The van der Waals surface area contributed by atoms with Crippen LogP contribution in [0.3, 0.4) is 0 Å². The van der Waals surface area contributed by atoms with Gasteiger partial charge in [0.05, 0.1) is 10.6 Å². The standard InChI is InChI=1S/C17H18ClFN2O5/c18-10-2-1-3-11(19)14(10)16(23)21-8-6-20(7-9-21)15(22)12-4-5-13(26-12)17(24)25/h1-3,12-13H,4-9H2,(H,24,25)/t12-,13+/m0/s1. The minimum absolute atomic E-state index is 0.0487. The van der Waals surface area contributed by atoms with Gasteiger partial charge in [-0.2, -0.15) is 0 Å². The molecule has 0 spiro atoms. The van der Waals surface area contributed by atoms with Gasteiger partial charge >= 0.3 is 5.97 Å². The molecule has 9 heteroatoms. The Balaban J connectivity index is 1.58. The third-order valence-electron chi connectivity index (χ3n) is 4.63. The molecular weight excluding hydrogens is 367 g/mol. The molecule has 26 heavy (non-hydrogen) atoms. The lowest BCUT2D eigenvalue weighted by molar-refractivity contribution is -0.155. The quantitative estimate of drug-likeness (QED) is 0.851. The zero-order valence-electron chi connectivity index (χ0n) is 13.9. The maximum Gasteiger partial charge on any atom is 0.332 e. The van der Waals surface area contributed by atoms with Crippen LogP contribution in [0.1, 0.15) is 23.2 Å². The van der Waals surface area contributed by atoms with Gasteiger partial charge in [0.25, 0.3) is 11.8 Å². The molecule has 0 radical (unpaired) electrons. The van der Waals surface area contributed by atoms with Crippen molar-refractivity contribution in [2.24, 2.45) is 0 Å². The third kappa shape index (κ3) is 3.66. The number of aliphatic carboxylic acids is 1. The molecule has 7 nitrogen and oxygen atoms in total. The first-order chi connectivity index (χ1) is 12.4. The zero-order chi connectivity index (χ0) is 18.8. The highest BCUT2D eigenvalue weighted by atomic mass is 35.5. The Morgan fingerprint density at radius 3 is 2.27 bits per heavy atom. The van der Waals surface area contributed by atoms with Crippen LogP contribution in [-0.2, 0) is 14.3 Å². The van der Waals surface area contributed by atoms with Crippen molar-refractivity contribution < 1.29 is 28.6 Å². The van der Waals surface area contributed by atoms with Crippen molar-refractivity contribution in [3.63, 3.8) is 0 Å². The van der Waals surface area contributed by atoms with E-state index in [2.05, 4.69) is 0 Å². The van der Waals surface area contributed by atoms with E-state index in [1.165, 1.54) is 23.1 Å². The molecule has 2 heterocycles. The molecule has 2 saturated heterocycles. The van der Waals surface area contributed by atoms with E-state index in [0.717, 1.165) is 0 Å². The third-order valence-corrected chi connectivity index (χ3v) is 4.94. The van der Waals surface area contributed by atoms with Gasteiger partial charge in [0, 0.05) is 26.2 Å². The number of piperazine rings is 1. The largest absolute Gasteiger partial charge is 0.479 e. The van der Waals surface area contributed by atoms with Crippen molar-refractivity contribution in [3.8, 4) is 0 Å². The molecule has 0 unspecified atom stereocenters.